The number of nitrogens with two attached hydrogens (primary N) is 1. The lowest BCUT2D eigenvalue weighted by Gasteiger charge is -2.10. The number of halogens is 3. The van der Waals surface area contributed by atoms with Gasteiger partial charge >= 0.3 is 6.18 Å². The van der Waals surface area contributed by atoms with Gasteiger partial charge in [-0.1, -0.05) is 19.9 Å². The Balaban J connectivity index is 1.51. The molecule has 0 unspecified atom stereocenters. The zero-order chi connectivity index (χ0) is 24.9. The van der Waals surface area contributed by atoms with Crippen LogP contribution in [0.15, 0.2) is 61.2 Å². The number of hydrogen-bond donors (Lipinski definition) is 2. The number of alkyl halides is 3. The summed E-state index contributed by atoms with van der Waals surface area (Å²) in [6.07, 6.45) is 1.94. The van der Waals surface area contributed by atoms with Crippen molar-refractivity contribution in [1.82, 2.24) is 23.8 Å². The van der Waals surface area contributed by atoms with E-state index in [0.717, 1.165) is 23.5 Å². The summed E-state index contributed by atoms with van der Waals surface area (Å²) in [5.41, 5.74) is 8.03. The summed E-state index contributed by atoms with van der Waals surface area (Å²) in [6.45, 7) is 4.06. The van der Waals surface area contributed by atoms with Crippen molar-refractivity contribution in [2.45, 2.75) is 25.9 Å². The molecule has 0 aliphatic rings. The molecule has 0 radical (unpaired) electrons. The van der Waals surface area contributed by atoms with Crippen LogP contribution < -0.4 is 11.1 Å². The van der Waals surface area contributed by atoms with Crippen molar-refractivity contribution < 1.29 is 18.0 Å². The van der Waals surface area contributed by atoms with Gasteiger partial charge in [0.15, 0.2) is 0 Å². The van der Waals surface area contributed by atoms with E-state index in [1.54, 1.807) is 28.9 Å². The van der Waals surface area contributed by atoms with E-state index < -0.39 is 17.6 Å². The van der Waals surface area contributed by atoms with Crippen LogP contribution in [0.25, 0.3) is 22.4 Å². The van der Waals surface area contributed by atoms with Gasteiger partial charge in [-0.05, 0) is 30.3 Å². The monoisotopic (exact) mass is 479 g/mol. The minimum atomic E-state index is -4.51. The Labute approximate surface area is 197 Å². The van der Waals surface area contributed by atoms with Crippen LogP contribution in [-0.4, -0.2) is 29.7 Å². The number of nitrogens with zero attached hydrogens (tertiary/aromatic N) is 5. The second kappa shape index (κ2) is 8.12. The molecule has 0 saturated carbocycles. The highest BCUT2D eigenvalue weighted by molar-refractivity contribution is 6.03. The number of hydrogen-bond acceptors (Lipinski definition) is 5. The summed E-state index contributed by atoms with van der Waals surface area (Å²) in [4.78, 5) is 26.1. The van der Waals surface area contributed by atoms with Crippen molar-refractivity contribution >= 4 is 28.6 Å². The highest BCUT2D eigenvalue weighted by Crippen LogP contribution is 2.32. The molecule has 8 nitrogen and oxygen atoms in total. The van der Waals surface area contributed by atoms with Gasteiger partial charge in [-0.15, -0.1) is 0 Å². The van der Waals surface area contributed by atoms with E-state index in [4.69, 9.17) is 10.7 Å². The lowest BCUT2D eigenvalue weighted by molar-refractivity contribution is -0.137. The van der Waals surface area contributed by atoms with Crippen molar-refractivity contribution in [1.29, 1.82) is 0 Å². The third-order valence-electron chi connectivity index (χ3n) is 5.59. The number of rotatable bonds is 4. The fraction of sp³-hybridized carbons (Fsp3) is 0.167. The number of nitrogens with one attached hydrogen (secondary N) is 1. The molecule has 4 heterocycles. The molecule has 0 aliphatic heterocycles. The van der Waals surface area contributed by atoms with Crippen LogP contribution in [0.1, 0.15) is 41.6 Å². The minimum absolute atomic E-state index is 0.0325. The number of amides is 1. The van der Waals surface area contributed by atoms with E-state index in [1.165, 1.54) is 18.3 Å². The van der Waals surface area contributed by atoms with Gasteiger partial charge in [-0.2, -0.15) is 13.2 Å². The molecule has 4 aromatic heterocycles. The van der Waals surface area contributed by atoms with Gasteiger partial charge in [0.1, 0.15) is 34.2 Å². The normalized spacial score (nSPS) is 12.1. The molecule has 0 spiro atoms. The SMILES string of the molecule is CC(C)c1nc(-c2ccn3c(C(=O)Nc4cccc(C(F)(F)F)c4)cnc3c2)c2c(N)nccn12. The van der Waals surface area contributed by atoms with Gasteiger partial charge in [0, 0.05) is 35.8 Å². The summed E-state index contributed by atoms with van der Waals surface area (Å²) < 4.78 is 42.4. The Morgan fingerprint density at radius 1 is 1.09 bits per heavy atom. The molecule has 5 aromatic rings. The number of carbonyl (C=O) groups is 1. The molecule has 0 bridgehead atoms. The fourth-order valence-corrected chi connectivity index (χ4v) is 3.96. The molecule has 0 fully saturated rings. The molecule has 35 heavy (non-hydrogen) atoms. The first-order chi connectivity index (χ1) is 16.6. The predicted octanol–water partition coefficient (Wildman–Crippen LogP) is 5.02. The Kier molecular flexibility index (Phi) is 5.19. The number of aromatic nitrogens is 5. The molecule has 0 aliphatic carbocycles. The van der Waals surface area contributed by atoms with Gasteiger partial charge in [-0.3, -0.25) is 13.6 Å². The molecule has 11 heteroatoms. The molecular formula is C24H20F3N7O. The summed E-state index contributed by atoms with van der Waals surface area (Å²) in [6, 6.07) is 7.99. The van der Waals surface area contributed by atoms with Crippen LogP contribution >= 0.6 is 0 Å². The van der Waals surface area contributed by atoms with Crippen molar-refractivity contribution in [3.8, 4) is 11.3 Å². The molecule has 1 aromatic carbocycles. The van der Waals surface area contributed by atoms with Gasteiger partial charge in [0.2, 0.25) is 0 Å². The highest BCUT2D eigenvalue weighted by atomic mass is 19.4. The van der Waals surface area contributed by atoms with Crippen LogP contribution in [0, 0.1) is 0 Å². The van der Waals surface area contributed by atoms with Crippen molar-refractivity contribution in [3.63, 3.8) is 0 Å². The number of pyridine rings is 1. The zero-order valence-corrected chi connectivity index (χ0v) is 18.7. The third kappa shape index (κ3) is 3.94. The van der Waals surface area contributed by atoms with Gasteiger partial charge in [0.25, 0.3) is 5.91 Å². The number of carbonyl (C=O) groups excluding carboxylic acids is 1. The quantitative estimate of drug-likeness (QED) is 0.377. The summed E-state index contributed by atoms with van der Waals surface area (Å²) >= 11 is 0. The minimum Gasteiger partial charge on any atom is -0.382 e. The highest BCUT2D eigenvalue weighted by Gasteiger charge is 2.30. The first-order valence-corrected chi connectivity index (χ1v) is 10.7. The first-order valence-electron chi connectivity index (χ1n) is 10.7. The Morgan fingerprint density at radius 2 is 1.89 bits per heavy atom. The van der Waals surface area contributed by atoms with E-state index in [9.17, 15) is 18.0 Å². The molecular weight excluding hydrogens is 459 g/mol. The molecule has 3 N–H and O–H groups in total. The lowest BCUT2D eigenvalue weighted by Crippen LogP contribution is -2.15. The Hall–Kier alpha value is -4.41. The largest absolute Gasteiger partial charge is 0.416 e. The average Bonchev–Trinajstić information content (AvgIpc) is 3.41. The number of nitrogen functional groups attached to an aromatic ring is 1. The number of benzene rings is 1. The van der Waals surface area contributed by atoms with Crippen molar-refractivity contribution in [2.75, 3.05) is 11.1 Å². The summed E-state index contributed by atoms with van der Waals surface area (Å²) in [7, 11) is 0. The van der Waals surface area contributed by atoms with Crippen LogP contribution in [0.3, 0.4) is 0 Å². The molecule has 178 valence electrons. The van der Waals surface area contributed by atoms with E-state index in [0.29, 0.717) is 22.7 Å². The molecule has 5 rings (SSSR count). The van der Waals surface area contributed by atoms with Crippen LogP contribution in [0.5, 0.6) is 0 Å². The molecule has 1 amide bonds. The number of fused-ring (bicyclic) bond motifs is 2. The lowest BCUT2D eigenvalue weighted by atomic mass is 10.1. The molecule has 0 atom stereocenters. The van der Waals surface area contributed by atoms with Crippen molar-refractivity contribution in [3.05, 3.63) is 78.3 Å². The van der Waals surface area contributed by atoms with E-state index in [-0.39, 0.29) is 17.3 Å². The number of imidazole rings is 2. The van der Waals surface area contributed by atoms with Gasteiger partial charge < -0.3 is 11.1 Å². The van der Waals surface area contributed by atoms with E-state index in [1.807, 2.05) is 24.4 Å². The second-order valence-electron chi connectivity index (χ2n) is 8.32. The van der Waals surface area contributed by atoms with Crippen LogP contribution in [-0.2, 0) is 6.18 Å². The Bertz CT molecular complexity index is 1580. The van der Waals surface area contributed by atoms with Crippen LogP contribution in [0.4, 0.5) is 24.7 Å². The summed E-state index contributed by atoms with van der Waals surface area (Å²) in [5.74, 6) is 0.714. The summed E-state index contributed by atoms with van der Waals surface area (Å²) in [5, 5.41) is 2.50. The average molecular weight is 479 g/mol. The first kappa shape index (κ1) is 22.4. The fourth-order valence-electron chi connectivity index (χ4n) is 3.96. The maximum absolute atomic E-state index is 13.0. The zero-order valence-electron chi connectivity index (χ0n) is 18.7. The van der Waals surface area contributed by atoms with Gasteiger partial charge in [-0.25, -0.2) is 15.0 Å². The van der Waals surface area contributed by atoms with E-state index >= 15 is 0 Å². The number of anilines is 2. The van der Waals surface area contributed by atoms with Crippen molar-refractivity contribution in [2.24, 2.45) is 0 Å². The smallest absolute Gasteiger partial charge is 0.382 e. The topological polar surface area (TPSA) is 103 Å². The Morgan fingerprint density at radius 3 is 2.63 bits per heavy atom. The third-order valence-corrected chi connectivity index (χ3v) is 5.59. The second-order valence-corrected chi connectivity index (χ2v) is 8.32. The maximum Gasteiger partial charge on any atom is 0.416 e. The van der Waals surface area contributed by atoms with Gasteiger partial charge in [0.05, 0.1) is 11.8 Å². The maximum atomic E-state index is 13.0. The predicted molar refractivity (Wildman–Crippen MR) is 125 cm³/mol. The molecule has 0 saturated heterocycles. The standard InChI is InChI=1S/C24H20F3N7O/c1-13(2)22-32-19(20-21(28)29-7-9-34(20)22)14-6-8-33-17(12-30-18(33)10-14)23(35)31-16-5-3-4-15(11-16)24(25,26)27/h3-13H,1-2H3,(H2,28,29)(H,31,35). The van der Waals surface area contributed by atoms with Crippen LogP contribution in [0.2, 0.25) is 0 Å². The van der Waals surface area contributed by atoms with E-state index in [2.05, 4.69) is 15.3 Å².